The van der Waals surface area contributed by atoms with Crippen LogP contribution in [0, 0.1) is 11.3 Å². The molecule has 29 heavy (non-hydrogen) atoms. The van der Waals surface area contributed by atoms with Gasteiger partial charge in [-0.05, 0) is 23.8 Å². The number of aromatic nitrogens is 1. The zero-order valence-electron chi connectivity index (χ0n) is 15.6. The quantitative estimate of drug-likeness (QED) is 0.579. The van der Waals surface area contributed by atoms with Gasteiger partial charge in [-0.2, -0.15) is 5.26 Å². The lowest BCUT2D eigenvalue weighted by Crippen LogP contribution is -2.25. The Labute approximate surface area is 172 Å². The summed E-state index contributed by atoms with van der Waals surface area (Å²) in [6.45, 7) is -0.138. The van der Waals surface area contributed by atoms with Gasteiger partial charge in [0, 0.05) is 22.2 Å². The number of hydrogen-bond acceptors (Lipinski definition) is 5. The summed E-state index contributed by atoms with van der Waals surface area (Å²) in [6, 6.07) is 17.4. The third kappa shape index (κ3) is 4.84. The van der Waals surface area contributed by atoms with Gasteiger partial charge in [-0.25, -0.2) is 0 Å². The highest BCUT2D eigenvalue weighted by molar-refractivity contribution is 6.31. The first-order valence-corrected chi connectivity index (χ1v) is 9.07. The number of hydrogen-bond donors (Lipinski definition) is 0. The number of pyridine rings is 1. The Morgan fingerprint density at radius 2 is 1.90 bits per heavy atom. The third-order valence-corrected chi connectivity index (χ3v) is 4.48. The van der Waals surface area contributed by atoms with Crippen molar-refractivity contribution in [1.29, 1.82) is 5.26 Å². The van der Waals surface area contributed by atoms with E-state index in [2.05, 4.69) is 6.07 Å². The van der Waals surface area contributed by atoms with E-state index in [0.29, 0.717) is 27.5 Å². The van der Waals surface area contributed by atoms with Gasteiger partial charge in [0.1, 0.15) is 18.9 Å². The SMILES string of the molecule is COc1cn(CC(=O)OCc2ccccc2)c(=O)cc1-c1cc(Cl)ccc1C#N. The molecule has 0 fully saturated rings. The molecule has 0 radical (unpaired) electrons. The van der Waals surface area contributed by atoms with Crippen molar-refractivity contribution in [2.75, 3.05) is 7.11 Å². The summed E-state index contributed by atoms with van der Waals surface area (Å²) in [7, 11) is 1.44. The van der Waals surface area contributed by atoms with Crippen molar-refractivity contribution in [3.63, 3.8) is 0 Å². The smallest absolute Gasteiger partial charge is 0.326 e. The summed E-state index contributed by atoms with van der Waals surface area (Å²) >= 11 is 6.05. The second-order valence-corrected chi connectivity index (χ2v) is 6.61. The molecule has 1 heterocycles. The van der Waals surface area contributed by atoms with Gasteiger partial charge < -0.3 is 14.0 Å². The molecule has 0 bridgehead atoms. The van der Waals surface area contributed by atoms with Gasteiger partial charge in [0.15, 0.2) is 0 Å². The molecule has 2 aromatic carbocycles. The number of benzene rings is 2. The van der Waals surface area contributed by atoms with Crippen LogP contribution in [0.2, 0.25) is 5.02 Å². The topological polar surface area (TPSA) is 81.3 Å². The highest BCUT2D eigenvalue weighted by Gasteiger charge is 2.15. The number of carbonyl (C=O) groups excluding carboxylic acids is 1. The van der Waals surface area contributed by atoms with Crippen molar-refractivity contribution in [2.45, 2.75) is 13.2 Å². The molecule has 0 spiro atoms. The van der Waals surface area contributed by atoms with Gasteiger partial charge in [0.25, 0.3) is 5.56 Å². The van der Waals surface area contributed by atoms with Crippen LogP contribution < -0.4 is 10.3 Å². The van der Waals surface area contributed by atoms with E-state index in [1.807, 2.05) is 30.3 Å². The van der Waals surface area contributed by atoms with Crippen molar-refractivity contribution >= 4 is 17.6 Å². The number of esters is 1. The molecule has 0 saturated heterocycles. The number of rotatable bonds is 6. The molecule has 3 rings (SSSR count). The average molecular weight is 409 g/mol. The second-order valence-electron chi connectivity index (χ2n) is 6.17. The van der Waals surface area contributed by atoms with Crippen LogP contribution in [0.5, 0.6) is 5.75 Å². The fraction of sp³-hybridized carbons (Fsp3) is 0.136. The van der Waals surface area contributed by atoms with E-state index in [4.69, 9.17) is 21.1 Å². The first kappa shape index (κ1) is 20.2. The number of halogens is 1. The molecule has 0 unspecified atom stereocenters. The molecule has 146 valence electrons. The fourth-order valence-corrected chi connectivity index (χ4v) is 2.98. The number of nitriles is 1. The van der Waals surface area contributed by atoms with Crippen LogP contribution in [0.4, 0.5) is 0 Å². The minimum atomic E-state index is -0.550. The predicted octanol–water partition coefficient (Wildman–Crippen LogP) is 3.79. The Kier molecular flexibility index (Phi) is 6.32. The van der Waals surface area contributed by atoms with E-state index in [9.17, 15) is 14.9 Å². The Morgan fingerprint density at radius 3 is 2.59 bits per heavy atom. The van der Waals surface area contributed by atoms with Gasteiger partial charge in [-0.15, -0.1) is 0 Å². The maximum Gasteiger partial charge on any atom is 0.326 e. The molecule has 0 aliphatic rings. The van der Waals surface area contributed by atoms with Gasteiger partial charge in [0.05, 0.1) is 24.9 Å². The fourth-order valence-electron chi connectivity index (χ4n) is 2.81. The normalized spacial score (nSPS) is 10.2. The first-order chi connectivity index (χ1) is 14.0. The lowest BCUT2D eigenvalue weighted by molar-refractivity contribution is -0.145. The average Bonchev–Trinajstić information content (AvgIpc) is 2.74. The molecule has 1 aromatic heterocycles. The van der Waals surface area contributed by atoms with E-state index < -0.39 is 11.5 Å². The van der Waals surface area contributed by atoms with E-state index >= 15 is 0 Å². The predicted molar refractivity (Wildman–Crippen MR) is 109 cm³/mol. The first-order valence-electron chi connectivity index (χ1n) is 8.70. The summed E-state index contributed by atoms with van der Waals surface area (Å²) in [5.74, 6) is -0.217. The second kappa shape index (κ2) is 9.09. The monoisotopic (exact) mass is 408 g/mol. The summed E-state index contributed by atoms with van der Waals surface area (Å²) < 4.78 is 11.8. The van der Waals surface area contributed by atoms with E-state index in [0.717, 1.165) is 5.56 Å². The lowest BCUT2D eigenvalue weighted by Gasteiger charge is -2.13. The summed E-state index contributed by atoms with van der Waals surface area (Å²) in [4.78, 5) is 24.7. The van der Waals surface area contributed by atoms with Gasteiger partial charge in [0.2, 0.25) is 0 Å². The van der Waals surface area contributed by atoms with Crippen molar-refractivity contribution in [3.8, 4) is 22.9 Å². The van der Waals surface area contributed by atoms with Crippen molar-refractivity contribution in [1.82, 2.24) is 4.57 Å². The number of carbonyl (C=O) groups is 1. The van der Waals surface area contributed by atoms with Crippen LogP contribution in [0.25, 0.3) is 11.1 Å². The zero-order chi connectivity index (χ0) is 20.8. The maximum absolute atomic E-state index is 12.6. The van der Waals surface area contributed by atoms with Gasteiger partial charge >= 0.3 is 5.97 Å². The summed E-state index contributed by atoms with van der Waals surface area (Å²) in [5.41, 5.74) is 1.68. The highest BCUT2D eigenvalue weighted by Crippen LogP contribution is 2.32. The Balaban J connectivity index is 1.86. The van der Waals surface area contributed by atoms with E-state index in [1.54, 1.807) is 18.2 Å². The van der Waals surface area contributed by atoms with Gasteiger partial charge in [-0.1, -0.05) is 41.9 Å². The minimum absolute atomic E-state index is 0.123. The molecule has 3 aromatic rings. The molecule has 0 N–H and O–H groups in total. The van der Waals surface area contributed by atoms with Crippen LogP contribution in [-0.4, -0.2) is 17.6 Å². The summed E-state index contributed by atoms with van der Waals surface area (Å²) in [5, 5.41) is 9.78. The maximum atomic E-state index is 12.6. The zero-order valence-corrected chi connectivity index (χ0v) is 16.3. The molecule has 0 amide bonds. The van der Waals surface area contributed by atoms with Crippen molar-refractivity contribution in [3.05, 3.63) is 87.3 Å². The Hall–Kier alpha value is -3.56. The number of methoxy groups -OCH3 is 1. The van der Waals surface area contributed by atoms with Crippen LogP contribution in [0.1, 0.15) is 11.1 Å². The van der Waals surface area contributed by atoms with Crippen LogP contribution in [0.3, 0.4) is 0 Å². The molecule has 7 heteroatoms. The number of ether oxygens (including phenoxy) is 2. The standard InChI is InChI=1S/C22H17ClN2O4/c1-28-20-12-25(13-22(27)29-14-15-5-3-2-4-6-15)21(26)10-19(20)18-9-17(23)8-7-16(18)11-24/h2-10,12H,13-14H2,1H3. The van der Waals surface area contributed by atoms with E-state index in [-0.39, 0.29) is 13.2 Å². The minimum Gasteiger partial charge on any atom is -0.495 e. The number of nitrogens with zero attached hydrogens (tertiary/aromatic N) is 2. The van der Waals surface area contributed by atoms with Crippen molar-refractivity contribution in [2.24, 2.45) is 0 Å². The molecule has 0 aliphatic carbocycles. The molecule has 0 saturated carbocycles. The molecular weight excluding hydrogens is 392 g/mol. The third-order valence-electron chi connectivity index (χ3n) is 4.24. The molecule has 0 aliphatic heterocycles. The van der Waals surface area contributed by atoms with Crippen LogP contribution in [0.15, 0.2) is 65.6 Å². The largest absolute Gasteiger partial charge is 0.495 e. The van der Waals surface area contributed by atoms with Crippen LogP contribution in [-0.2, 0) is 22.7 Å². The lowest BCUT2D eigenvalue weighted by atomic mass is 10.0. The Morgan fingerprint density at radius 1 is 1.14 bits per heavy atom. The summed E-state index contributed by atoms with van der Waals surface area (Å²) in [6.07, 6.45) is 1.42. The molecular formula is C22H17ClN2O4. The van der Waals surface area contributed by atoms with Crippen molar-refractivity contribution < 1.29 is 14.3 Å². The van der Waals surface area contributed by atoms with Crippen LogP contribution >= 0.6 is 11.6 Å². The van der Waals surface area contributed by atoms with Gasteiger partial charge in [-0.3, -0.25) is 9.59 Å². The highest BCUT2D eigenvalue weighted by atomic mass is 35.5. The molecule has 0 atom stereocenters. The van der Waals surface area contributed by atoms with E-state index in [1.165, 1.54) is 23.9 Å². The Bertz CT molecular complexity index is 1130. The molecule has 6 nitrogen and oxygen atoms in total.